The highest BCUT2D eigenvalue weighted by Gasteiger charge is 2.34. The third kappa shape index (κ3) is 4.62. The summed E-state index contributed by atoms with van der Waals surface area (Å²) in [5, 5.41) is 5.08. The van der Waals surface area contributed by atoms with Gasteiger partial charge >= 0.3 is 5.97 Å². The monoisotopic (exact) mass is 423 g/mol. The van der Waals surface area contributed by atoms with E-state index in [2.05, 4.69) is 20.3 Å². The van der Waals surface area contributed by atoms with Crippen LogP contribution in [0.1, 0.15) is 12.6 Å². The first-order valence-electron chi connectivity index (χ1n) is 9.65. The number of thiazole rings is 1. The summed E-state index contributed by atoms with van der Waals surface area (Å²) in [4.78, 5) is 39.0. The number of carbonyl (C=O) groups excluding carboxylic acids is 2. The number of ether oxygens (including phenoxy) is 1. The van der Waals surface area contributed by atoms with E-state index in [1.807, 2.05) is 41.3 Å². The first-order valence-corrected chi connectivity index (χ1v) is 10.5. The van der Waals surface area contributed by atoms with Crippen LogP contribution in [0.15, 0.2) is 48.1 Å². The summed E-state index contributed by atoms with van der Waals surface area (Å²) in [6, 6.07) is 11.8. The third-order valence-electron chi connectivity index (χ3n) is 4.71. The molecule has 1 aliphatic heterocycles. The summed E-state index contributed by atoms with van der Waals surface area (Å²) in [6.45, 7) is 3.26. The molecule has 0 atom stereocenters. The molecule has 8 nitrogen and oxygen atoms in total. The van der Waals surface area contributed by atoms with Crippen molar-refractivity contribution < 1.29 is 14.3 Å². The van der Waals surface area contributed by atoms with E-state index in [0.717, 1.165) is 17.1 Å². The number of nitrogens with zero attached hydrogens (tertiary/aromatic N) is 4. The Morgan fingerprint density at radius 1 is 1.23 bits per heavy atom. The van der Waals surface area contributed by atoms with Gasteiger partial charge in [-0.05, 0) is 6.92 Å². The summed E-state index contributed by atoms with van der Waals surface area (Å²) in [6.07, 6.45) is 1.65. The van der Waals surface area contributed by atoms with Crippen molar-refractivity contribution in [2.45, 2.75) is 13.3 Å². The molecule has 9 heteroatoms. The number of esters is 1. The number of aromatic nitrogens is 3. The fourth-order valence-corrected chi connectivity index (χ4v) is 3.84. The van der Waals surface area contributed by atoms with Crippen molar-refractivity contribution in [2.75, 3.05) is 29.9 Å². The van der Waals surface area contributed by atoms with Crippen LogP contribution in [0.4, 0.5) is 10.9 Å². The van der Waals surface area contributed by atoms with Gasteiger partial charge < -0.3 is 15.0 Å². The largest absolute Gasteiger partial charge is 0.466 e. The molecule has 3 heterocycles. The van der Waals surface area contributed by atoms with Gasteiger partial charge in [0.05, 0.1) is 30.3 Å². The fraction of sp³-hybridized carbons (Fsp3) is 0.286. The van der Waals surface area contributed by atoms with Gasteiger partial charge in [0, 0.05) is 30.1 Å². The Balaban J connectivity index is 1.31. The van der Waals surface area contributed by atoms with E-state index in [4.69, 9.17) is 4.74 Å². The van der Waals surface area contributed by atoms with E-state index in [9.17, 15) is 9.59 Å². The molecule has 0 aliphatic carbocycles. The molecule has 30 heavy (non-hydrogen) atoms. The molecule has 2 aromatic heterocycles. The highest BCUT2D eigenvalue weighted by molar-refractivity contribution is 7.13. The van der Waals surface area contributed by atoms with Crippen molar-refractivity contribution >= 4 is 34.2 Å². The van der Waals surface area contributed by atoms with E-state index >= 15 is 0 Å². The second-order valence-corrected chi connectivity index (χ2v) is 7.70. The van der Waals surface area contributed by atoms with Crippen LogP contribution in [0.5, 0.6) is 0 Å². The minimum atomic E-state index is -0.324. The molecule has 1 aromatic carbocycles. The molecular weight excluding hydrogens is 402 g/mol. The van der Waals surface area contributed by atoms with Crippen LogP contribution in [0.3, 0.4) is 0 Å². The van der Waals surface area contributed by atoms with Gasteiger partial charge in [-0.1, -0.05) is 30.3 Å². The molecule has 1 saturated heterocycles. The normalized spacial score (nSPS) is 13.6. The number of amides is 1. The maximum Gasteiger partial charge on any atom is 0.311 e. The van der Waals surface area contributed by atoms with Crippen molar-refractivity contribution in [1.29, 1.82) is 0 Å². The van der Waals surface area contributed by atoms with Crippen molar-refractivity contribution in [3.63, 3.8) is 0 Å². The Labute approximate surface area is 178 Å². The van der Waals surface area contributed by atoms with Gasteiger partial charge in [0.15, 0.2) is 5.13 Å². The molecule has 1 N–H and O–H groups in total. The minimum Gasteiger partial charge on any atom is -0.466 e. The van der Waals surface area contributed by atoms with E-state index < -0.39 is 0 Å². The first-order chi connectivity index (χ1) is 14.6. The van der Waals surface area contributed by atoms with Gasteiger partial charge in [0.1, 0.15) is 12.1 Å². The lowest BCUT2D eigenvalue weighted by atomic mass is 9.99. The van der Waals surface area contributed by atoms with Crippen LogP contribution in [-0.2, 0) is 20.7 Å². The lowest BCUT2D eigenvalue weighted by molar-refractivity contribution is -0.142. The number of nitrogens with one attached hydrogen (secondary N) is 1. The number of hydrogen-bond donors (Lipinski definition) is 1. The topological polar surface area (TPSA) is 97.3 Å². The van der Waals surface area contributed by atoms with Gasteiger partial charge in [0.25, 0.3) is 0 Å². The Bertz CT molecular complexity index is 1030. The Hall–Kier alpha value is -3.33. The summed E-state index contributed by atoms with van der Waals surface area (Å²) >= 11 is 1.30. The number of rotatable bonds is 7. The molecule has 154 valence electrons. The van der Waals surface area contributed by atoms with E-state index in [1.54, 1.807) is 18.6 Å². The van der Waals surface area contributed by atoms with Gasteiger partial charge in [0.2, 0.25) is 5.91 Å². The molecule has 0 unspecified atom stereocenters. The van der Waals surface area contributed by atoms with Crippen LogP contribution in [0.25, 0.3) is 11.3 Å². The predicted molar refractivity (Wildman–Crippen MR) is 114 cm³/mol. The average molecular weight is 423 g/mol. The molecule has 0 bridgehead atoms. The van der Waals surface area contributed by atoms with E-state index in [-0.39, 0.29) is 24.2 Å². The lowest BCUT2D eigenvalue weighted by Gasteiger charge is -2.38. The first kappa shape index (κ1) is 20.0. The second kappa shape index (κ2) is 9.00. The fourth-order valence-electron chi connectivity index (χ4n) is 3.13. The smallest absolute Gasteiger partial charge is 0.311 e. The highest BCUT2D eigenvalue weighted by atomic mass is 32.1. The third-order valence-corrected chi connectivity index (χ3v) is 5.52. The van der Waals surface area contributed by atoms with Crippen LogP contribution in [-0.4, -0.2) is 46.5 Å². The molecular formula is C21H21N5O3S. The van der Waals surface area contributed by atoms with Gasteiger partial charge in [-0.2, -0.15) is 0 Å². The number of anilines is 2. The van der Waals surface area contributed by atoms with Crippen molar-refractivity contribution in [2.24, 2.45) is 5.92 Å². The van der Waals surface area contributed by atoms with Crippen molar-refractivity contribution in [1.82, 2.24) is 15.0 Å². The van der Waals surface area contributed by atoms with Crippen molar-refractivity contribution in [3.8, 4) is 11.3 Å². The van der Waals surface area contributed by atoms with Gasteiger partial charge in [-0.25, -0.2) is 15.0 Å². The Morgan fingerprint density at radius 2 is 2.03 bits per heavy atom. The quantitative estimate of drug-likeness (QED) is 0.584. The summed E-state index contributed by atoms with van der Waals surface area (Å²) in [7, 11) is 0. The molecule has 1 aliphatic rings. The SMILES string of the molecule is CCOC(=O)Cc1csc(NC(=O)C2CN(c3cc(-c4ccccc4)ncn3)C2)n1. The highest BCUT2D eigenvalue weighted by Crippen LogP contribution is 2.27. The van der Waals surface area contributed by atoms with Crippen LogP contribution in [0, 0.1) is 5.92 Å². The average Bonchev–Trinajstić information content (AvgIpc) is 3.14. The molecule has 1 fully saturated rings. The molecule has 3 aromatic rings. The summed E-state index contributed by atoms with van der Waals surface area (Å²) in [5.41, 5.74) is 2.47. The standard InChI is InChI=1S/C21H21N5O3S/c1-2-29-19(27)8-16-12-30-21(24-16)25-20(28)15-10-26(11-15)18-9-17(22-13-23-18)14-6-4-3-5-7-14/h3-7,9,12-13,15H,2,8,10-11H2,1H3,(H,24,25,28). The number of hydrogen-bond acceptors (Lipinski definition) is 8. The predicted octanol–water partition coefficient (Wildman–Crippen LogP) is 2.78. The number of benzene rings is 1. The molecule has 0 saturated carbocycles. The molecule has 4 rings (SSSR count). The van der Waals surface area contributed by atoms with Crippen LogP contribution in [0.2, 0.25) is 0 Å². The Morgan fingerprint density at radius 3 is 2.80 bits per heavy atom. The van der Waals surface area contributed by atoms with E-state index in [1.165, 1.54) is 11.3 Å². The van der Waals surface area contributed by atoms with Crippen molar-refractivity contribution in [3.05, 3.63) is 53.8 Å². The summed E-state index contributed by atoms with van der Waals surface area (Å²) < 4.78 is 4.91. The Kier molecular flexibility index (Phi) is 5.99. The minimum absolute atomic E-state index is 0.0828. The molecule has 0 spiro atoms. The van der Waals surface area contributed by atoms with Gasteiger partial charge in [-0.15, -0.1) is 11.3 Å². The lowest BCUT2D eigenvalue weighted by Crippen LogP contribution is -2.52. The van der Waals surface area contributed by atoms with Crippen LogP contribution < -0.4 is 10.2 Å². The maximum atomic E-state index is 12.5. The molecule has 1 amide bonds. The summed E-state index contributed by atoms with van der Waals surface area (Å²) in [5.74, 6) is 0.257. The number of carbonyl (C=O) groups is 2. The zero-order valence-electron chi connectivity index (χ0n) is 16.4. The molecule has 0 radical (unpaired) electrons. The van der Waals surface area contributed by atoms with Crippen LogP contribution >= 0.6 is 11.3 Å². The van der Waals surface area contributed by atoms with Gasteiger partial charge in [-0.3, -0.25) is 9.59 Å². The zero-order valence-corrected chi connectivity index (χ0v) is 17.3. The second-order valence-electron chi connectivity index (χ2n) is 6.84. The zero-order chi connectivity index (χ0) is 20.9. The van der Waals surface area contributed by atoms with E-state index in [0.29, 0.717) is 30.5 Å². The maximum absolute atomic E-state index is 12.5.